The molecule has 0 saturated carbocycles. The van der Waals surface area contributed by atoms with Gasteiger partial charge in [-0.25, -0.2) is 9.59 Å². The second-order valence-corrected chi connectivity index (χ2v) is 9.92. The quantitative estimate of drug-likeness (QED) is 0.318. The minimum atomic E-state index is -0.774. The number of methoxy groups -OCH3 is 1. The maximum atomic E-state index is 13.3. The molecular weight excluding hydrogens is 496 g/mol. The van der Waals surface area contributed by atoms with Gasteiger partial charge < -0.3 is 23.8 Å². The smallest absolute Gasteiger partial charge is 0.339 e. The molecule has 1 aliphatic heterocycles. The molecule has 8 nitrogen and oxygen atoms in total. The van der Waals surface area contributed by atoms with Crippen LogP contribution >= 0.6 is 11.6 Å². The van der Waals surface area contributed by atoms with E-state index in [1.165, 1.54) is 12.0 Å². The Labute approximate surface area is 217 Å². The van der Waals surface area contributed by atoms with Crippen molar-refractivity contribution in [2.75, 3.05) is 13.7 Å². The summed E-state index contributed by atoms with van der Waals surface area (Å²) in [5.74, 6) is -0.637. The normalized spacial score (nSPS) is 16.9. The molecule has 9 heteroatoms. The number of ether oxygens (including phenoxy) is 2. The van der Waals surface area contributed by atoms with Crippen molar-refractivity contribution in [3.63, 3.8) is 0 Å². The van der Waals surface area contributed by atoms with Gasteiger partial charge in [0.25, 0.3) is 5.91 Å². The standard InChI is InChI=1S/C28H25ClN2O6/c1-35-28(34)23-11-18-16-7-4-5-9-21(16)30-22(18)13-31(23)26(32)14-36-25-12-24-19(10-20(25)29)15-6-2-3-8-17(15)27(33)37-24/h4-5,7,9-10,12,23,30H,2-3,6,8,11,13-14H2,1H3/t23-/m0/s1. The Bertz CT molecular complexity index is 1620. The maximum absolute atomic E-state index is 13.3. The van der Waals surface area contributed by atoms with Crippen LogP contribution in [0.5, 0.6) is 5.75 Å². The highest BCUT2D eigenvalue weighted by Gasteiger charge is 2.37. The third kappa shape index (κ3) is 4.05. The molecule has 6 rings (SSSR count). The van der Waals surface area contributed by atoms with Crippen LogP contribution in [-0.2, 0) is 40.1 Å². The molecule has 4 aromatic rings. The van der Waals surface area contributed by atoms with Crippen LogP contribution in [0.3, 0.4) is 0 Å². The number of amides is 1. The first-order valence-corrected chi connectivity index (χ1v) is 12.7. The molecule has 2 aromatic heterocycles. The summed E-state index contributed by atoms with van der Waals surface area (Å²) < 4.78 is 16.4. The van der Waals surface area contributed by atoms with Crippen molar-refractivity contribution in [3.8, 4) is 5.75 Å². The predicted molar refractivity (Wildman–Crippen MR) is 138 cm³/mol. The summed E-state index contributed by atoms with van der Waals surface area (Å²) in [6.45, 7) is -0.123. The molecule has 1 amide bonds. The number of esters is 1. The Hall–Kier alpha value is -3.78. The molecule has 0 radical (unpaired) electrons. The monoisotopic (exact) mass is 520 g/mol. The van der Waals surface area contributed by atoms with Gasteiger partial charge in [0.05, 0.1) is 18.7 Å². The highest BCUT2D eigenvalue weighted by molar-refractivity contribution is 6.32. The van der Waals surface area contributed by atoms with Gasteiger partial charge in [-0.05, 0) is 48.9 Å². The lowest BCUT2D eigenvalue weighted by atomic mass is 9.91. The van der Waals surface area contributed by atoms with Crippen molar-refractivity contribution < 1.29 is 23.5 Å². The summed E-state index contributed by atoms with van der Waals surface area (Å²) in [7, 11) is 1.31. The number of nitrogens with one attached hydrogen (secondary N) is 1. The Kier molecular flexibility index (Phi) is 5.91. The van der Waals surface area contributed by atoms with Crippen LogP contribution in [0.1, 0.15) is 35.2 Å². The van der Waals surface area contributed by atoms with Crippen molar-refractivity contribution >= 4 is 45.3 Å². The van der Waals surface area contributed by atoms with Crippen molar-refractivity contribution in [1.82, 2.24) is 9.88 Å². The topological polar surface area (TPSA) is 102 Å². The lowest BCUT2D eigenvalue weighted by Gasteiger charge is -2.33. The molecule has 2 aromatic carbocycles. The van der Waals surface area contributed by atoms with E-state index in [2.05, 4.69) is 4.98 Å². The number of carbonyl (C=O) groups excluding carboxylic acids is 2. The number of H-pyrrole nitrogens is 1. The van der Waals surface area contributed by atoms with Gasteiger partial charge in [0.15, 0.2) is 6.61 Å². The molecule has 1 N–H and O–H groups in total. The highest BCUT2D eigenvalue weighted by atomic mass is 35.5. The third-order valence-electron chi connectivity index (χ3n) is 7.43. The van der Waals surface area contributed by atoms with E-state index >= 15 is 0 Å². The number of hydrogen-bond acceptors (Lipinski definition) is 6. The van der Waals surface area contributed by atoms with Crippen LogP contribution < -0.4 is 10.4 Å². The fraction of sp³-hybridized carbons (Fsp3) is 0.321. The van der Waals surface area contributed by atoms with Crippen molar-refractivity contribution in [2.45, 2.75) is 44.7 Å². The number of aromatic amines is 1. The molecule has 3 heterocycles. The van der Waals surface area contributed by atoms with Gasteiger partial charge in [-0.1, -0.05) is 29.8 Å². The van der Waals surface area contributed by atoms with Crippen molar-refractivity contribution in [3.05, 3.63) is 74.2 Å². The number of rotatable bonds is 4. The number of aryl methyl sites for hydroxylation is 1. The number of fused-ring (bicyclic) bond motifs is 6. The second kappa shape index (κ2) is 9.27. The molecule has 1 aliphatic carbocycles. The highest BCUT2D eigenvalue weighted by Crippen LogP contribution is 2.35. The van der Waals surface area contributed by atoms with Gasteiger partial charge in [-0.15, -0.1) is 0 Å². The van der Waals surface area contributed by atoms with E-state index in [0.717, 1.165) is 52.4 Å². The fourth-order valence-corrected chi connectivity index (χ4v) is 5.81. The van der Waals surface area contributed by atoms with E-state index in [0.29, 0.717) is 29.0 Å². The molecular formula is C28H25ClN2O6. The zero-order valence-electron chi connectivity index (χ0n) is 20.3. The fourth-order valence-electron chi connectivity index (χ4n) is 5.59. The predicted octanol–water partition coefficient (Wildman–Crippen LogP) is 4.31. The molecule has 0 spiro atoms. The SMILES string of the molecule is COC(=O)[C@@H]1Cc2c([nH]c3ccccc23)CN1C(=O)COc1cc2oc(=O)c3c(c2cc1Cl)CCCC3. The second-order valence-electron chi connectivity index (χ2n) is 9.51. The van der Waals surface area contributed by atoms with E-state index < -0.39 is 12.0 Å². The summed E-state index contributed by atoms with van der Waals surface area (Å²) in [6.07, 6.45) is 3.80. The molecule has 0 unspecified atom stereocenters. The minimum absolute atomic E-state index is 0.221. The number of carbonyl (C=O) groups is 2. The first-order chi connectivity index (χ1) is 17.9. The van der Waals surface area contributed by atoms with Gasteiger partial charge in [0, 0.05) is 40.0 Å². The molecule has 2 aliphatic rings. The van der Waals surface area contributed by atoms with Crippen molar-refractivity contribution in [1.29, 1.82) is 0 Å². The number of hydrogen-bond donors (Lipinski definition) is 1. The van der Waals surface area contributed by atoms with Crippen LogP contribution in [-0.4, -0.2) is 41.5 Å². The zero-order chi connectivity index (χ0) is 25.7. The third-order valence-corrected chi connectivity index (χ3v) is 7.72. The first-order valence-electron chi connectivity index (χ1n) is 12.3. The van der Waals surface area contributed by atoms with Crippen LogP contribution in [0.15, 0.2) is 45.6 Å². The van der Waals surface area contributed by atoms with Gasteiger partial charge in [-0.2, -0.15) is 0 Å². The molecule has 0 bridgehead atoms. The van der Waals surface area contributed by atoms with Gasteiger partial charge in [0.1, 0.15) is 17.4 Å². The number of benzene rings is 2. The van der Waals surface area contributed by atoms with Crippen LogP contribution in [0.2, 0.25) is 5.02 Å². The van der Waals surface area contributed by atoms with E-state index in [4.69, 9.17) is 25.5 Å². The van der Waals surface area contributed by atoms with E-state index in [9.17, 15) is 14.4 Å². The average Bonchev–Trinajstić information content (AvgIpc) is 3.29. The summed E-state index contributed by atoms with van der Waals surface area (Å²) in [4.78, 5) is 43.3. The van der Waals surface area contributed by atoms with Crippen LogP contribution in [0.25, 0.3) is 21.9 Å². The lowest BCUT2D eigenvalue weighted by Crippen LogP contribution is -2.50. The first kappa shape index (κ1) is 23.6. The van der Waals surface area contributed by atoms with Gasteiger partial charge in [0.2, 0.25) is 0 Å². The average molecular weight is 521 g/mol. The summed E-state index contributed by atoms with van der Waals surface area (Å²) in [6, 6.07) is 10.4. The van der Waals surface area contributed by atoms with E-state index in [1.807, 2.05) is 24.3 Å². The molecule has 0 fully saturated rings. The Morgan fingerprint density at radius 3 is 2.70 bits per heavy atom. The summed E-state index contributed by atoms with van der Waals surface area (Å²) in [5.41, 5.74) is 4.57. The van der Waals surface area contributed by atoms with Crippen LogP contribution in [0, 0.1) is 0 Å². The number of aromatic nitrogens is 1. The summed E-state index contributed by atoms with van der Waals surface area (Å²) >= 11 is 6.52. The van der Waals surface area contributed by atoms with Gasteiger partial charge >= 0.3 is 11.6 Å². The molecule has 190 valence electrons. The molecule has 1 atom stereocenters. The lowest BCUT2D eigenvalue weighted by molar-refractivity contribution is -0.154. The minimum Gasteiger partial charge on any atom is -0.482 e. The number of halogens is 1. The number of para-hydroxylation sites is 1. The van der Waals surface area contributed by atoms with E-state index in [-0.39, 0.29) is 30.4 Å². The van der Waals surface area contributed by atoms with E-state index in [1.54, 1.807) is 12.1 Å². The maximum Gasteiger partial charge on any atom is 0.339 e. The van der Waals surface area contributed by atoms with Crippen molar-refractivity contribution in [2.24, 2.45) is 0 Å². The molecule has 37 heavy (non-hydrogen) atoms. The van der Waals surface area contributed by atoms with Crippen LogP contribution in [0.4, 0.5) is 0 Å². The zero-order valence-corrected chi connectivity index (χ0v) is 21.0. The summed E-state index contributed by atoms with van der Waals surface area (Å²) in [5, 5.41) is 2.15. The largest absolute Gasteiger partial charge is 0.482 e. The molecule has 0 saturated heterocycles. The van der Waals surface area contributed by atoms with Gasteiger partial charge in [-0.3, -0.25) is 4.79 Å². The Morgan fingerprint density at radius 2 is 1.89 bits per heavy atom. The Balaban J connectivity index is 1.27. The number of nitrogens with zero attached hydrogens (tertiary/aromatic N) is 1. The Morgan fingerprint density at radius 1 is 1.11 bits per heavy atom.